The number of carboxylic acid groups (broad SMARTS) is 1. The minimum Gasteiger partial charge on any atom is -0.480 e. The standard InChI is InChI=1S/C19H22N6O3/c1-22-13-15(12-20-22)23-7-9-24(10-8-23)18(26)16-11-17(19(27)28)25(21-16)14-5-3-2-4-6-14/h2-6,12-13,17H,7-11H2,1H3,(H,27,28). The number of carboxylic acids is 1. The minimum atomic E-state index is -0.989. The molecular formula is C19H22N6O3. The monoisotopic (exact) mass is 382 g/mol. The van der Waals surface area contributed by atoms with Crippen LogP contribution in [0.25, 0.3) is 0 Å². The van der Waals surface area contributed by atoms with Gasteiger partial charge in [0.15, 0.2) is 6.04 Å². The number of carbonyl (C=O) groups is 2. The van der Waals surface area contributed by atoms with Crippen LogP contribution >= 0.6 is 0 Å². The van der Waals surface area contributed by atoms with E-state index in [1.807, 2.05) is 37.6 Å². The quantitative estimate of drug-likeness (QED) is 0.840. The molecule has 28 heavy (non-hydrogen) atoms. The van der Waals surface area contributed by atoms with Gasteiger partial charge in [0.1, 0.15) is 5.71 Å². The van der Waals surface area contributed by atoms with Crippen LogP contribution in [-0.4, -0.2) is 69.6 Å². The zero-order chi connectivity index (χ0) is 19.7. The van der Waals surface area contributed by atoms with Gasteiger partial charge in [-0.3, -0.25) is 14.5 Å². The normalized spacial score (nSPS) is 19.7. The highest BCUT2D eigenvalue weighted by Crippen LogP contribution is 2.25. The third-order valence-corrected chi connectivity index (χ3v) is 5.09. The fraction of sp³-hybridized carbons (Fsp3) is 0.368. The number of anilines is 2. The first-order chi connectivity index (χ1) is 13.5. The van der Waals surface area contributed by atoms with E-state index in [0.717, 1.165) is 5.69 Å². The van der Waals surface area contributed by atoms with Crippen LogP contribution in [0.2, 0.25) is 0 Å². The number of nitrogens with zero attached hydrogens (tertiary/aromatic N) is 6. The van der Waals surface area contributed by atoms with Crippen LogP contribution in [0.4, 0.5) is 11.4 Å². The fourth-order valence-electron chi connectivity index (χ4n) is 3.57. The Labute approximate surface area is 162 Å². The van der Waals surface area contributed by atoms with Crippen molar-refractivity contribution in [1.82, 2.24) is 14.7 Å². The van der Waals surface area contributed by atoms with E-state index < -0.39 is 12.0 Å². The fourth-order valence-corrected chi connectivity index (χ4v) is 3.57. The van der Waals surface area contributed by atoms with E-state index in [9.17, 15) is 14.7 Å². The molecule has 0 saturated carbocycles. The molecule has 0 bridgehead atoms. The lowest BCUT2D eigenvalue weighted by Crippen LogP contribution is -2.50. The molecule has 2 aliphatic rings. The van der Waals surface area contributed by atoms with Gasteiger partial charge in [0, 0.05) is 45.8 Å². The van der Waals surface area contributed by atoms with E-state index in [4.69, 9.17) is 0 Å². The lowest BCUT2D eigenvalue weighted by atomic mass is 10.1. The number of rotatable bonds is 4. The van der Waals surface area contributed by atoms with E-state index in [0.29, 0.717) is 37.6 Å². The average molecular weight is 382 g/mol. The molecule has 2 aliphatic heterocycles. The molecule has 0 spiro atoms. The van der Waals surface area contributed by atoms with Crippen LogP contribution in [-0.2, 0) is 16.6 Å². The number of carbonyl (C=O) groups excluding carboxylic acids is 1. The van der Waals surface area contributed by atoms with E-state index >= 15 is 0 Å². The summed E-state index contributed by atoms with van der Waals surface area (Å²) in [5.74, 6) is -1.17. The zero-order valence-corrected chi connectivity index (χ0v) is 15.6. The van der Waals surface area contributed by atoms with Gasteiger partial charge in [-0.05, 0) is 12.1 Å². The number of aryl methyl sites for hydroxylation is 1. The van der Waals surface area contributed by atoms with Crippen LogP contribution in [0.3, 0.4) is 0 Å². The Morgan fingerprint density at radius 3 is 2.39 bits per heavy atom. The maximum absolute atomic E-state index is 12.9. The highest BCUT2D eigenvalue weighted by atomic mass is 16.4. The van der Waals surface area contributed by atoms with Gasteiger partial charge in [-0.1, -0.05) is 18.2 Å². The lowest BCUT2D eigenvalue weighted by molar-refractivity contribution is -0.138. The molecule has 1 saturated heterocycles. The summed E-state index contributed by atoms with van der Waals surface area (Å²) in [6, 6.07) is 8.21. The summed E-state index contributed by atoms with van der Waals surface area (Å²) in [5.41, 5.74) is 2.00. The lowest BCUT2D eigenvalue weighted by Gasteiger charge is -2.35. The predicted molar refractivity (Wildman–Crippen MR) is 104 cm³/mol. The van der Waals surface area contributed by atoms with Crippen LogP contribution in [0.1, 0.15) is 6.42 Å². The number of hydrogen-bond donors (Lipinski definition) is 1. The van der Waals surface area contributed by atoms with Crippen LogP contribution in [0, 0.1) is 0 Å². The molecule has 0 radical (unpaired) electrons. The summed E-state index contributed by atoms with van der Waals surface area (Å²) in [7, 11) is 1.87. The van der Waals surface area contributed by atoms with Crippen LogP contribution in [0.5, 0.6) is 0 Å². The van der Waals surface area contributed by atoms with Gasteiger partial charge in [0.05, 0.1) is 17.6 Å². The van der Waals surface area contributed by atoms with Gasteiger partial charge >= 0.3 is 5.97 Å². The molecule has 146 valence electrons. The third-order valence-electron chi connectivity index (χ3n) is 5.09. The smallest absolute Gasteiger partial charge is 0.328 e. The van der Waals surface area contributed by atoms with Gasteiger partial charge in [0.2, 0.25) is 0 Å². The molecule has 4 rings (SSSR count). The molecule has 1 aromatic heterocycles. The van der Waals surface area contributed by atoms with Gasteiger partial charge in [0.25, 0.3) is 5.91 Å². The molecular weight excluding hydrogens is 360 g/mol. The minimum absolute atomic E-state index is 0.103. The first-order valence-electron chi connectivity index (χ1n) is 9.20. The molecule has 1 N–H and O–H groups in total. The molecule has 1 aromatic carbocycles. The van der Waals surface area contributed by atoms with Crippen LogP contribution < -0.4 is 9.91 Å². The van der Waals surface area contributed by atoms with E-state index in [1.54, 1.807) is 21.7 Å². The summed E-state index contributed by atoms with van der Waals surface area (Å²) < 4.78 is 1.75. The molecule has 3 heterocycles. The van der Waals surface area contributed by atoms with Crippen LogP contribution in [0.15, 0.2) is 47.8 Å². The molecule has 9 heteroatoms. The first kappa shape index (κ1) is 18.0. The number of benzene rings is 1. The highest BCUT2D eigenvalue weighted by molar-refractivity contribution is 6.40. The van der Waals surface area contributed by atoms with Gasteiger partial charge in [-0.15, -0.1) is 0 Å². The topological polar surface area (TPSA) is 94.3 Å². The molecule has 1 unspecified atom stereocenters. The van der Waals surface area contributed by atoms with Crippen molar-refractivity contribution >= 4 is 29.0 Å². The van der Waals surface area contributed by atoms with Gasteiger partial charge in [-0.2, -0.15) is 10.2 Å². The summed E-state index contributed by atoms with van der Waals surface area (Å²) in [4.78, 5) is 28.5. The number of hydrogen-bond acceptors (Lipinski definition) is 6. The second-order valence-electron chi connectivity index (χ2n) is 6.94. The van der Waals surface area contributed by atoms with Gasteiger partial charge in [-0.25, -0.2) is 4.79 Å². The Morgan fingerprint density at radius 2 is 1.79 bits per heavy atom. The second-order valence-corrected chi connectivity index (χ2v) is 6.94. The maximum Gasteiger partial charge on any atom is 0.328 e. The molecule has 2 aromatic rings. The molecule has 1 fully saturated rings. The second kappa shape index (κ2) is 7.34. The van der Waals surface area contributed by atoms with E-state index in [1.165, 1.54) is 5.01 Å². The highest BCUT2D eigenvalue weighted by Gasteiger charge is 2.38. The molecule has 0 aliphatic carbocycles. The van der Waals surface area contributed by atoms with Crippen molar-refractivity contribution in [3.05, 3.63) is 42.7 Å². The van der Waals surface area contributed by atoms with Gasteiger partial charge < -0.3 is 14.9 Å². The van der Waals surface area contributed by atoms with E-state index in [2.05, 4.69) is 15.1 Å². The Kier molecular flexibility index (Phi) is 4.72. The van der Waals surface area contributed by atoms with Crippen molar-refractivity contribution in [3.63, 3.8) is 0 Å². The third kappa shape index (κ3) is 3.42. The number of para-hydroxylation sites is 1. The number of hydrazone groups is 1. The van der Waals surface area contributed by atoms with Crippen molar-refractivity contribution in [2.75, 3.05) is 36.1 Å². The Balaban J connectivity index is 1.45. The summed E-state index contributed by atoms with van der Waals surface area (Å²) in [6.07, 6.45) is 3.87. The molecule has 1 atom stereocenters. The zero-order valence-electron chi connectivity index (χ0n) is 15.6. The molecule has 9 nitrogen and oxygen atoms in total. The molecule has 1 amide bonds. The number of amides is 1. The van der Waals surface area contributed by atoms with Crippen molar-refractivity contribution in [2.45, 2.75) is 12.5 Å². The van der Waals surface area contributed by atoms with Crippen molar-refractivity contribution in [3.8, 4) is 0 Å². The maximum atomic E-state index is 12.9. The van der Waals surface area contributed by atoms with Crippen molar-refractivity contribution < 1.29 is 14.7 Å². The Morgan fingerprint density at radius 1 is 1.07 bits per heavy atom. The van der Waals surface area contributed by atoms with Crippen molar-refractivity contribution in [1.29, 1.82) is 0 Å². The Hall–Kier alpha value is -3.36. The largest absolute Gasteiger partial charge is 0.480 e. The number of piperazine rings is 1. The average Bonchev–Trinajstić information content (AvgIpc) is 3.35. The summed E-state index contributed by atoms with van der Waals surface area (Å²) >= 11 is 0. The first-order valence-corrected chi connectivity index (χ1v) is 9.20. The summed E-state index contributed by atoms with van der Waals surface area (Å²) in [6.45, 7) is 2.54. The predicted octanol–water partition coefficient (Wildman–Crippen LogP) is 0.788. The Bertz CT molecular complexity index is 901. The number of aromatic nitrogens is 2. The summed E-state index contributed by atoms with van der Waals surface area (Å²) in [5, 5.41) is 19.5. The van der Waals surface area contributed by atoms with E-state index in [-0.39, 0.29) is 12.3 Å². The number of aliphatic carboxylic acids is 1. The van der Waals surface area contributed by atoms with Crippen molar-refractivity contribution in [2.24, 2.45) is 12.1 Å². The SMILES string of the molecule is Cn1cc(N2CCN(C(=O)C3=NN(c4ccccc4)C(C(=O)O)C3)CC2)cn1.